The molecular weight excluding hydrogens is 510 g/mol. The number of nitrogens with zero attached hydrogens (tertiary/aromatic N) is 6. The van der Waals surface area contributed by atoms with Crippen molar-refractivity contribution < 1.29 is 0 Å². The summed E-state index contributed by atoms with van der Waals surface area (Å²) in [5, 5.41) is 4.46. The number of para-hydroxylation sites is 1. The third-order valence-corrected chi connectivity index (χ3v) is 7.44. The highest BCUT2D eigenvalue weighted by molar-refractivity contribution is 7.80. The molecule has 0 saturated carbocycles. The molecule has 3 heterocycles. The predicted octanol–water partition coefficient (Wildman–Crippen LogP) is 2.96. The first-order valence-corrected chi connectivity index (χ1v) is 12.8. The van der Waals surface area contributed by atoms with Crippen LogP contribution in [0.2, 0.25) is 5.02 Å². The Morgan fingerprint density at radius 2 is 1.68 bits per heavy atom. The van der Waals surface area contributed by atoms with Crippen LogP contribution in [-0.4, -0.2) is 54.9 Å². The number of aryl methyl sites for hydroxylation is 2. The van der Waals surface area contributed by atoms with Crippen LogP contribution in [-0.2, 0) is 20.6 Å². The summed E-state index contributed by atoms with van der Waals surface area (Å²) in [4.78, 5) is 34.9. The number of rotatable bonds is 4. The Bertz CT molecular complexity index is 1600. The van der Waals surface area contributed by atoms with E-state index < -0.39 is 5.69 Å². The molecular formula is C26H28ClN7O2S. The van der Waals surface area contributed by atoms with E-state index in [1.165, 1.54) is 11.6 Å². The highest BCUT2D eigenvalue weighted by atomic mass is 35.5. The number of imidazole rings is 1. The van der Waals surface area contributed by atoms with Gasteiger partial charge in [0, 0.05) is 40.3 Å². The molecule has 0 aliphatic carbocycles. The van der Waals surface area contributed by atoms with E-state index in [0.717, 1.165) is 21.4 Å². The first-order valence-electron chi connectivity index (χ1n) is 12.0. The van der Waals surface area contributed by atoms with Crippen LogP contribution in [0, 0.1) is 6.92 Å². The van der Waals surface area contributed by atoms with E-state index in [4.69, 9.17) is 28.8 Å². The van der Waals surface area contributed by atoms with Crippen molar-refractivity contribution in [3.05, 3.63) is 85.5 Å². The van der Waals surface area contributed by atoms with Crippen molar-refractivity contribution in [2.45, 2.75) is 13.5 Å². The zero-order valence-electron chi connectivity index (χ0n) is 20.9. The fourth-order valence-electron chi connectivity index (χ4n) is 4.57. The number of benzene rings is 2. The smallest absolute Gasteiger partial charge is 0.332 e. The molecule has 1 saturated heterocycles. The minimum atomic E-state index is -0.398. The molecule has 1 aliphatic heterocycles. The Labute approximate surface area is 224 Å². The lowest BCUT2D eigenvalue weighted by Gasteiger charge is -2.37. The Morgan fingerprint density at radius 1 is 1.00 bits per heavy atom. The quantitative estimate of drug-likeness (QED) is 0.401. The van der Waals surface area contributed by atoms with Gasteiger partial charge in [0.2, 0.25) is 5.95 Å². The number of aromatic nitrogens is 4. The first kappa shape index (κ1) is 25.0. The van der Waals surface area contributed by atoms with Gasteiger partial charge in [-0.25, -0.2) is 4.79 Å². The van der Waals surface area contributed by atoms with Gasteiger partial charge in [-0.05, 0) is 36.8 Å². The molecule has 9 nitrogen and oxygen atoms in total. The molecule has 0 radical (unpaired) electrons. The van der Waals surface area contributed by atoms with Crippen molar-refractivity contribution in [2.75, 3.05) is 36.4 Å². The average molecular weight is 538 g/mol. The van der Waals surface area contributed by atoms with Crippen LogP contribution in [0.15, 0.2) is 58.1 Å². The van der Waals surface area contributed by atoms with Crippen LogP contribution in [0.25, 0.3) is 11.2 Å². The summed E-state index contributed by atoms with van der Waals surface area (Å²) in [6, 6.07) is 15.7. The van der Waals surface area contributed by atoms with Gasteiger partial charge in [0.05, 0.1) is 17.3 Å². The van der Waals surface area contributed by atoms with E-state index >= 15 is 0 Å². The first-order chi connectivity index (χ1) is 17.7. The lowest BCUT2D eigenvalue weighted by atomic mass is 10.1. The second kappa shape index (κ2) is 10.0. The number of nitrogens with one attached hydrogen (secondary N) is 1. The van der Waals surface area contributed by atoms with Crippen molar-refractivity contribution in [3.8, 4) is 0 Å². The van der Waals surface area contributed by atoms with Crippen LogP contribution in [0.1, 0.15) is 11.1 Å². The second-order valence-corrected chi connectivity index (χ2v) is 10.0. The highest BCUT2D eigenvalue weighted by Crippen LogP contribution is 2.24. The minimum Gasteiger partial charge on any atom is -0.345 e. The van der Waals surface area contributed by atoms with Crippen LogP contribution in [0.3, 0.4) is 0 Å². The molecule has 1 N–H and O–H groups in total. The summed E-state index contributed by atoms with van der Waals surface area (Å²) >= 11 is 11.9. The van der Waals surface area contributed by atoms with Gasteiger partial charge in [0.25, 0.3) is 5.56 Å². The second-order valence-electron chi connectivity index (χ2n) is 9.25. The summed E-state index contributed by atoms with van der Waals surface area (Å²) in [6.45, 7) is 5.14. The molecule has 0 unspecified atom stereocenters. The van der Waals surface area contributed by atoms with Gasteiger partial charge in [0.1, 0.15) is 0 Å². The minimum absolute atomic E-state index is 0.354. The topological polar surface area (TPSA) is 80.3 Å². The third kappa shape index (κ3) is 4.74. The van der Waals surface area contributed by atoms with Crippen LogP contribution >= 0.6 is 23.8 Å². The summed E-state index contributed by atoms with van der Waals surface area (Å²) in [5.74, 6) is 0.665. The maximum absolute atomic E-state index is 13.2. The van der Waals surface area contributed by atoms with Crippen molar-refractivity contribution >= 4 is 51.7 Å². The summed E-state index contributed by atoms with van der Waals surface area (Å²) in [5.41, 5.74) is 3.03. The Morgan fingerprint density at radius 3 is 2.35 bits per heavy atom. The lowest BCUT2D eigenvalue weighted by Crippen LogP contribution is -2.50. The highest BCUT2D eigenvalue weighted by Gasteiger charge is 2.26. The molecule has 1 aliphatic rings. The number of piperazine rings is 1. The van der Waals surface area contributed by atoms with E-state index in [0.29, 0.717) is 60.0 Å². The maximum Gasteiger partial charge on any atom is 0.332 e. The molecule has 11 heteroatoms. The van der Waals surface area contributed by atoms with E-state index in [9.17, 15) is 9.59 Å². The molecule has 1 fully saturated rings. The number of hydrogen-bond donors (Lipinski definition) is 1. The number of fused-ring (bicyclic) bond motifs is 1. The summed E-state index contributed by atoms with van der Waals surface area (Å²) in [6.07, 6.45) is 0. The Hall–Kier alpha value is -3.63. The van der Waals surface area contributed by atoms with Crippen molar-refractivity contribution in [2.24, 2.45) is 14.1 Å². The summed E-state index contributed by atoms with van der Waals surface area (Å²) in [7, 11) is 3.15. The Balaban J connectivity index is 1.46. The predicted molar refractivity (Wildman–Crippen MR) is 152 cm³/mol. The number of thiocarbonyl (C=S) groups is 1. The Kier molecular flexibility index (Phi) is 6.78. The summed E-state index contributed by atoms with van der Waals surface area (Å²) < 4.78 is 4.50. The standard InChI is InChI=1S/C26H28ClN7O2S/c1-17-8-10-18(11-9-17)16-34-21-22(30(2)26(36)31(3)23(21)35)29-24(34)32-12-14-33(15-13-32)25(37)28-20-7-5-4-6-19(20)27/h4-11H,12-16H2,1-3H3,(H,28,37). The van der Waals surface area contributed by atoms with Crippen molar-refractivity contribution in [1.29, 1.82) is 0 Å². The molecule has 2 aromatic carbocycles. The molecule has 2 aromatic heterocycles. The van der Waals surface area contributed by atoms with E-state index in [2.05, 4.69) is 15.1 Å². The van der Waals surface area contributed by atoms with Gasteiger partial charge in [-0.2, -0.15) is 4.98 Å². The fraction of sp³-hybridized carbons (Fsp3) is 0.308. The largest absolute Gasteiger partial charge is 0.345 e. The van der Waals surface area contributed by atoms with Crippen LogP contribution < -0.4 is 21.5 Å². The van der Waals surface area contributed by atoms with Gasteiger partial charge >= 0.3 is 5.69 Å². The maximum atomic E-state index is 13.2. The van der Waals surface area contributed by atoms with Gasteiger partial charge in [0.15, 0.2) is 16.3 Å². The molecule has 37 heavy (non-hydrogen) atoms. The number of hydrogen-bond acceptors (Lipinski definition) is 5. The molecule has 192 valence electrons. The van der Waals surface area contributed by atoms with Gasteiger partial charge in [-0.1, -0.05) is 53.6 Å². The zero-order chi connectivity index (χ0) is 26.3. The monoisotopic (exact) mass is 537 g/mol. The van der Waals surface area contributed by atoms with Gasteiger partial charge in [-0.15, -0.1) is 0 Å². The molecule has 4 aromatic rings. The van der Waals surface area contributed by atoms with E-state index in [-0.39, 0.29) is 5.56 Å². The average Bonchev–Trinajstić information content (AvgIpc) is 3.28. The molecule has 0 bridgehead atoms. The van der Waals surface area contributed by atoms with Gasteiger partial charge in [-0.3, -0.25) is 18.5 Å². The lowest BCUT2D eigenvalue weighted by molar-refractivity contribution is 0.386. The molecule has 5 rings (SSSR count). The zero-order valence-corrected chi connectivity index (χ0v) is 22.5. The van der Waals surface area contributed by atoms with Gasteiger partial charge < -0.3 is 15.1 Å². The molecule has 0 spiro atoms. The normalized spacial score (nSPS) is 13.8. The number of halogens is 1. The fourth-order valence-corrected chi connectivity index (χ4v) is 5.04. The van der Waals surface area contributed by atoms with E-state index in [1.807, 2.05) is 60.0 Å². The molecule has 0 amide bonds. The van der Waals surface area contributed by atoms with Crippen molar-refractivity contribution in [1.82, 2.24) is 23.6 Å². The van der Waals surface area contributed by atoms with Crippen molar-refractivity contribution in [3.63, 3.8) is 0 Å². The van der Waals surface area contributed by atoms with Crippen LogP contribution in [0.4, 0.5) is 11.6 Å². The van der Waals surface area contributed by atoms with E-state index in [1.54, 1.807) is 7.05 Å². The third-order valence-electron chi connectivity index (χ3n) is 6.75. The molecule has 0 atom stereocenters. The van der Waals surface area contributed by atoms with Crippen LogP contribution in [0.5, 0.6) is 0 Å². The SMILES string of the molecule is Cc1ccc(Cn2c(N3CCN(C(=S)Nc4ccccc4Cl)CC3)nc3c2c(=O)n(C)c(=O)n3C)cc1. The number of anilines is 2.